The molecule has 0 fully saturated rings. The van der Waals surface area contributed by atoms with Gasteiger partial charge in [-0.15, -0.1) is 0 Å². The fourth-order valence-corrected chi connectivity index (χ4v) is 2.30. The minimum Gasteiger partial charge on any atom is -0.316 e. The molecule has 2 heteroatoms. The normalized spacial score (nSPS) is 12.3. The Balaban J connectivity index is 4.07. The fraction of sp³-hybridized carbons (Fsp3) is 1.00. The Morgan fingerprint density at radius 1 is 0.889 bits per heavy atom. The molecule has 0 saturated carbocycles. The number of hydrogen-bond donors (Lipinski definition) is 1. The van der Waals surface area contributed by atoms with Crippen molar-refractivity contribution >= 4 is 0 Å². The van der Waals surface area contributed by atoms with Gasteiger partial charge in [-0.1, -0.05) is 47.5 Å². The van der Waals surface area contributed by atoms with Gasteiger partial charge in [-0.3, -0.25) is 0 Å². The molecule has 0 rings (SSSR count). The van der Waals surface area contributed by atoms with Crippen LogP contribution in [0, 0.1) is 5.41 Å². The summed E-state index contributed by atoms with van der Waals surface area (Å²) in [5.74, 6) is 0. The summed E-state index contributed by atoms with van der Waals surface area (Å²) in [7, 11) is 0. The van der Waals surface area contributed by atoms with Crippen LogP contribution >= 0.6 is 0 Å². The number of unbranched alkanes of at least 4 members (excludes halogenated alkanes) is 2. The van der Waals surface area contributed by atoms with E-state index in [0.717, 1.165) is 13.1 Å². The van der Waals surface area contributed by atoms with Gasteiger partial charge in [-0.2, -0.15) is 0 Å². The first kappa shape index (κ1) is 17.9. The molecule has 0 aliphatic rings. The van der Waals surface area contributed by atoms with Gasteiger partial charge in [0.25, 0.3) is 0 Å². The van der Waals surface area contributed by atoms with Gasteiger partial charge in [0, 0.05) is 13.1 Å². The van der Waals surface area contributed by atoms with Gasteiger partial charge in [0.1, 0.15) is 0 Å². The zero-order valence-corrected chi connectivity index (χ0v) is 13.5. The second-order valence-electron chi connectivity index (χ2n) is 6.32. The molecule has 18 heavy (non-hydrogen) atoms. The molecule has 0 unspecified atom stereocenters. The van der Waals surface area contributed by atoms with Gasteiger partial charge in [0.15, 0.2) is 0 Å². The molecule has 0 atom stereocenters. The minimum atomic E-state index is 0.386. The summed E-state index contributed by atoms with van der Waals surface area (Å²) in [5.41, 5.74) is 0.386. The van der Waals surface area contributed by atoms with Crippen LogP contribution in [0.2, 0.25) is 0 Å². The van der Waals surface area contributed by atoms with Crippen LogP contribution in [-0.2, 0) is 0 Å². The largest absolute Gasteiger partial charge is 0.316 e. The van der Waals surface area contributed by atoms with Crippen LogP contribution in [0.5, 0.6) is 0 Å². The van der Waals surface area contributed by atoms with Gasteiger partial charge in [-0.25, -0.2) is 0 Å². The molecule has 0 bridgehead atoms. The highest BCUT2D eigenvalue weighted by Crippen LogP contribution is 2.17. The summed E-state index contributed by atoms with van der Waals surface area (Å²) in [6.45, 7) is 17.6. The summed E-state index contributed by atoms with van der Waals surface area (Å²) in [4.78, 5) is 2.67. The third-order valence-corrected chi connectivity index (χ3v) is 3.34. The second-order valence-corrected chi connectivity index (χ2v) is 6.32. The highest BCUT2D eigenvalue weighted by atomic mass is 15.1. The molecule has 0 heterocycles. The molecule has 0 aromatic carbocycles. The topological polar surface area (TPSA) is 15.3 Å². The molecule has 0 aromatic rings. The molecule has 0 amide bonds. The zero-order valence-electron chi connectivity index (χ0n) is 13.5. The zero-order chi connectivity index (χ0) is 13.9. The van der Waals surface area contributed by atoms with Gasteiger partial charge in [-0.05, 0) is 44.3 Å². The van der Waals surface area contributed by atoms with Crippen molar-refractivity contribution in [2.24, 2.45) is 5.41 Å². The standard InChI is InChI=1S/C16H36N2/c1-6-9-12-18(13-10-7-2)15-16(4,5)14-17-11-8-3/h17H,6-15H2,1-5H3. The van der Waals surface area contributed by atoms with E-state index in [1.807, 2.05) is 0 Å². The van der Waals surface area contributed by atoms with Crippen LogP contribution < -0.4 is 5.32 Å². The summed E-state index contributed by atoms with van der Waals surface area (Å²) in [5, 5.41) is 3.57. The number of hydrogen-bond acceptors (Lipinski definition) is 2. The van der Waals surface area contributed by atoms with Crippen LogP contribution in [-0.4, -0.2) is 37.6 Å². The van der Waals surface area contributed by atoms with E-state index in [9.17, 15) is 0 Å². The minimum absolute atomic E-state index is 0.386. The van der Waals surface area contributed by atoms with E-state index in [1.54, 1.807) is 0 Å². The maximum atomic E-state index is 3.57. The highest BCUT2D eigenvalue weighted by Gasteiger charge is 2.20. The Morgan fingerprint density at radius 2 is 1.44 bits per heavy atom. The Bertz CT molecular complexity index is 170. The van der Waals surface area contributed by atoms with Crippen molar-refractivity contribution in [3.8, 4) is 0 Å². The van der Waals surface area contributed by atoms with Crippen LogP contribution in [0.15, 0.2) is 0 Å². The lowest BCUT2D eigenvalue weighted by Gasteiger charge is -2.33. The molecule has 0 saturated heterocycles. The Kier molecular flexibility index (Phi) is 10.8. The third-order valence-electron chi connectivity index (χ3n) is 3.34. The fourth-order valence-electron chi connectivity index (χ4n) is 2.30. The Labute approximate surface area is 116 Å². The molecule has 0 radical (unpaired) electrons. The first-order valence-electron chi connectivity index (χ1n) is 7.98. The molecule has 110 valence electrons. The summed E-state index contributed by atoms with van der Waals surface area (Å²) < 4.78 is 0. The molecular weight excluding hydrogens is 220 g/mol. The summed E-state index contributed by atoms with van der Waals surface area (Å²) in [6.07, 6.45) is 6.50. The lowest BCUT2D eigenvalue weighted by Crippen LogP contribution is -2.41. The SMILES string of the molecule is CCCCN(CCCC)CC(C)(C)CNCCC. The van der Waals surface area contributed by atoms with Crippen molar-refractivity contribution in [2.75, 3.05) is 32.7 Å². The van der Waals surface area contributed by atoms with E-state index < -0.39 is 0 Å². The van der Waals surface area contributed by atoms with Crippen LogP contribution in [0.1, 0.15) is 66.7 Å². The lowest BCUT2D eigenvalue weighted by molar-refractivity contribution is 0.170. The second kappa shape index (κ2) is 10.8. The van der Waals surface area contributed by atoms with E-state index in [2.05, 4.69) is 44.8 Å². The molecule has 0 aliphatic heterocycles. The number of rotatable bonds is 12. The summed E-state index contributed by atoms with van der Waals surface area (Å²) in [6, 6.07) is 0. The number of nitrogens with one attached hydrogen (secondary N) is 1. The van der Waals surface area contributed by atoms with Gasteiger partial charge < -0.3 is 10.2 Å². The third kappa shape index (κ3) is 9.90. The van der Waals surface area contributed by atoms with Gasteiger partial charge in [0.05, 0.1) is 0 Å². The monoisotopic (exact) mass is 256 g/mol. The molecule has 0 aromatic heterocycles. The average molecular weight is 256 g/mol. The number of nitrogens with zero attached hydrogens (tertiary/aromatic N) is 1. The molecule has 1 N–H and O–H groups in total. The lowest BCUT2D eigenvalue weighted by atomic mass is 9.92. The quantitative estimate of drug-likeness (QED) is 0.533. The first-order valence-corrected chi connectivity index (χ1v) is 7.98. The smallest absolute Gasteiger partial charge is 0.00448 e. The van der Waals surface area contributed by atoms with Crippen molar-refractivity contribution in [1.29, 1.82) is 0 Å². The van der Waals surface area contributed by atoms with E-state index in [4.69, 9.17) is 0 Å². The maximum Gasteiger partial charge on any atom is 0.00448 e. The van der Waals surface area contributed by atoms with Crippen molar-refractivity contribution in [3.05, 3.63) is 0 Å². The van der Waals surface area contributed by atoms with Crippen molar-refractivity contribution in [1.82, 2.24) is 10.2 Å². The molecule has 2 nitrogen and oxygen atoms in total. The molecular formula is C16H36N2. The highest BCUT2D eigenvalue weighted by molar-refractivity contribution is 4.76. The van der Waals surface area contributed by atoms with E-state index >= 15 is 0 Å². The van der Waals surface area contributed by atoms with E-state index in [1.165, 1.54) is 51.7 Å². The van der Waals surface area contributed by atoms with E-state index in [-0.39, 0.29) is 0 Å². The maximum absolute atomic E-state index is 3.57. The Morgan fingerprint density at radius 3 is 1.89 bits per heavy atom. The molecule has 0 aliphatic carbocycles. The van der Waals surface area contributed by atoms with E-state index in [0.29, 0.717) is 5.41 Å². The predicted octanol–water partition coefficient (Wildman–Crippen LogP) is 3.91. The van der Waals surface area contributed by atoms with Crippen molar-refractivity contribution in [2.45, 2.75) is 66.7 Å². The van der Waals surface area contributed by atoms with Gasteiger partial charge in [0.2, 0.25) is 0 Å². The summed E-state index contributed by atoms with van der Waals surface area (Å²) >= 11 is 0. The van der Waals surface area contributed by atoms with Crippen LogP contribution in [0.3, 0.4) is 0 Å². The predicted molar refractivity (Wildman–Crippen MR) is 83.2 cm³/mol. The van der Waals surface area contributed by atoms with Crippen molar-refractivity contribution < 1.29 is 0 Å². The molecule has 0 spiro atoms. The first-order chi connectivity index (χ1) is 8.55. The van der Waals surface area contributed by atoms with Crippen molar-refractivity contribution in [3.63, 3.8) is 0 Å². The van der Waals surface area contributed by atoms with Crippen LogP contribution in [0.4, 0.5) is 0 Å². The van der Waals surface area contributed by atoms with Crippen LogP contribution in [0.25, 0.3) is 0 Å². The average Bonchev–Trinajstić information content (AvgIpc) is 2.32. The van der Waals surface area contributed by atoms with Gasteiger partial charge >= 0.3 is 0 Å². The Hall–Kier alpha value is -0.0800.